The van der Waals surface area contributed by atoms with E-state index in [2.05, 4.69) is 0 Å². The number of hydrogen-bond donors (Lipinski definition) is 0. The normalized spacial score (nSPS) is 0. The number of halogens is 3. The molecule has 0 aromatic heterocycles. The van der Waals surface area contributed by atoms with Gasteiger partial charge in [0.25, 0.3) is 0 Å². The van der Waals surface area contributed by atoms with Crippen molar-refractivity contribution in [1.29, 1.82) is 0 Å². The molecule has 4 heteroatoms. The Bertz CT molecular complexity index is 3.25. The molecule has 0 saturated heterocycles. The van der Waals surface area contributed by atoms with Crippen LogP contribution in [0.2, 0.25) is 0 Å². The van der Waals surface area contributed by atoms with E-state index >= 15 is 0 Å². The van der Waals surface area contributed by atoms with E-state index in [-0.39, 0.29) is 77.1 Å². The smallest absolute Gasteiger partial charge is 0 e. The molecule has 0 bridgehead atoms. The summed E-state index contributed by atoms with van der Waals surface area (Å²) in [4.78, 5) is 0. The molecule has 0 rings (SSSR count). The van der Waals surface area contributed by atoms with Gasteiger partial charge in [0.1, 0.15) is 0 Å². The summed E-state index contributed by atoms with van der Waals surface area (Å²) in [6.07, 6.45) is 0. The van der Waals surface area contributed by atoms with E-state index in [9.17, 15) is 0 Å². The molecule has 0 aromatic rings. The molecule has 28 valence electrons. The fourth-order valence-corrected chi connectivity index (χ4v) is 0. The van der Waals surface area contributed by atoms with Crippen LogP contribution in [0.5, 0.6) is 0 Å². The maximum Gasteiger partial charge on any atom is 0 e. The average Bonchev–Trinajstić information content (AvgIpc) is 0. The van der Waals surface area contributed by atoms with Gasteiger partial charge in [0.15, 0.2) is 0 Å². The predicted octanol–water partition coefficient (Wildman–Crippen LogP) is 1.73. The average molecular weight is 334 g/mol. The topological polar surface area (TPSA) is 0 Å². The van der Waals surface area contributed by atoms with E-state index < -0.39 is 0 Å². The molecule has 0 amide bonds. The van der Waals surface area contributed by atoms with Crippen LogP contribution >= 0.6 is 50.9 Å². The van der Waals surface area contributed by atoms with Crippen LogP contribution in [0.4, 0.5) is 0 Å². The summed E-state index contributed by atoms with van der Waals surface area (Å²) in [6.45, 7) is 0. The molecule has 0 radical (unpaired) electrons. The summed E-state index contributed by atoms with van der Waals surface area (Å²) in [5.74, 6) is 0. The molecule has 0 heterocycles. The van der Waals surface area contributed by atoms with Crippen molar-refractivity contribution in [2.45, 2.75) is 0 Å². The van der Waals surface area contributed by atoms with Crippen molar-refractivity contribution in [2.75, 3.05) is 0 Å². The van der Waals surface area contributed by atoms with Crippen LogP contribution in [-0.4, -0.2) is 0 Å². The first-order valence-corrected chi connectivity index (χ1v) is 0. The van der Waals surface area contributed by atoms with Gasteiger partial charge >= 0.3 is 0 Å². The Labute approximate surface area is 76.2 Å². The van der Waals surface area contributed by atoms with Gasteiger partial charge in [0, 0.05) is 26.2 Å². The van der Waals surface area contributed by atoms with E-state index in [4.69, 9.17) is 0 Å². The molecule has 0 atom stereocenters. The van der Waals surface area contributed by atoms with Crippen LogP contribution in [0.3, 0.4) is 0 Å². The summed E-state index contributed by atoms with van der Waals surface area (Å²) in [7, 11) is 0. The summed E-state index contributed by atoms with van der Waals surface area (Å²) < 4.78 is 0. The molecule has 0 unspecified atom stereocenters. The van der Waals surface area contributed by atoms with Crippen molar-refractivity contribution in [3.8, 4) is 0 Å². The van der Waals surface area contributed by atoms with Crippen LogP contribution < -0.4 is 0 Å². The molecule has 4 heavy (non-hydrogen) atoms. The van der Waals surface area contributed by atoms with Crippen LogP contribution in [0, 0.1) is 0 Å². The monoisotopic (exact) mass is 330 g/mol. The number of rotatable bonds is 0. The molecule has 0 aliphatic heterocycles. The van der Waals surface area contributed by atoms with Crippen molar-refractivity contribution >= 4 is 50.9 Å². The van der Waals surface area contributed by atoms with Crippen LogP contribution in [0.15, 0.2) is 0 Å². The Balaban J connectivity index is 0. The van der Waals surface area contributed by atoms with E-state index in [1.54, 1.807) is 0 Å². The number of hydrogen-bond acceptors (Lipinski definition) is 0. The second kappa shape index (κ2) is 18.4. The molecule has 0 N–H and O–H groups in total. The van der Waals surface area contributed by atoms with Gasteiger partial charge in [-0.05, 0) is 0 Å². The molecular formula is H3Br3Zr. The van der Waals surface area contributed by atoms with E-state index in [0.29, 0.717) is 0 Å². The van der Waals surface area contributed by atoms with Crippen molar-refractivity contribution in [3.05, 3.63) is 0 Å². The van der Waals surface area contributed by atoms with Gasteiger partial charge in [-0.25, -0.2) is 0 Å². The van der Waals surface area contributed by atoms with E-state index in [1.165, 1.54) is 0 Å². The van der Waals surface area contributed by atoms with Crippen LogP contribution in [0.25, 0.3) is 0 Å². The molecule has 0 saturated carbocycles. The third-order valence-corrected chi connectivity index (χ3v) is 0. The standard InChI is InChI=1S/3BrH.Zr/h3*1H;. The zero-order chi connectivity index (χ0) is 0. The van der Waals surface area contributed by atoms with Crippen molar-refractivity contribution in [1.82, 2.24) is 0 Å². The van der Waals surface area contributed by atoms with Gasteiger partial charge in [-0.2, -0.15) is 0 Å². The first kappa shape index (κ1) is 33.2. The van der Waals surface area contributed by atoms with Crippen molar-refractivity contribution < 1.29 is 26.2 Å². The Hall–Kier alpha value is 2.32. The molecular weight excluding hydrogens is 331 g/mol. The third-order valence-electron chi connectivity index (χ3n) is 0. The summed E-state index contributed by atoms with van der Waals surface area (Å²) >= 11 is 0. The molecule has 0 spiro atoms. The first-order valence-electron chi connectivity index (χ1n) is 0. The summed E-state index contributed by atoms with van der Waals surface area (Å²) in [5, 5.41) is 0. The minimum absolute atomic E-state index is 0. The van der Waals surface area contributed by atoms with E-state index in [0.717, 1.165) is 0 Å². The molecule has 0 aromatic carbocycles. The predicted molar refractivity (Wildman–Crippen MR) is 31.0 cm³/mol. The van der Waals surface area contributed by atoms with E-state index in [1.807, 2.05) is 0 Å². The molecule has 0 nitrogen and oxygen atoms in total. The first-order chi connectivity index (χ1) is 0. The van der Waals surface area contributed by atoms with Gasteiger partial charge in [-0.3, -0.25) is 0 Å². The molecule has 0 fully saturated rings. The van der Waals surface area contributed by atoms with Crippen molar-refractivity contribution in [2.24, 2.45) is 0 Å². The summed E-state index contributed by atoms with van der Waals surface area (Å²) in [6, 6.07) is 0. The van der Waals surface area contributed by atoms with Gasteiger partial charge in [0.2, 0.25) is 0 Å². The quantitative estimate of drug-likeness (QED) is 0.633. The Morgan fingerprint density at radius 1 is 0.500 bits per heavy atom. The minimum atomic E-state index is 0. The second-order valence-corrected chi connectivity index (χ2v) is 0. The Morgan fingerprint density at radius 3 is 0.500 bits per heavy atom. The van der Waals surface area contributed by atoms with Gasteiger partial charge in [-0.1, -0.05) is 0 Å². The molecule has 0 aliphatic carbocycles. The zero-order valence-corrected chi connectivity index (χ0v) is 9.32. The van der Waals surface area contributed by atoms with Gasteiger partial charge < -0.3 is 0 Å². The Kier molecular flexibility index (Phi) is 153. The SMILES string of the molecule is Br.Br.Br.[Zr]. The Morgan fingerprint density at radius 2 is 0.500 bits per heavy atom. The van der Waals surface area contributed by atoms with Gasteiger partial charge in [-0.15, -0.1) is 50.9 Å². The second-order valence-electron chi connectivity index (χ2n) is 0. The van der Waals surface area contributed by atoms with Crippen LogP contribution in [0.1, 0.15) is 0 Å². The fraction of sp³-hybridized carbons (Fsp3) is 0. The maximum absolute atomic E-state index is 0. The largest absolute Gasteiger partial charge is 0.114 e. The zero-order valence-electron chi connectivity index (χ0n) is 1.72. The van der Waals surface area contributed by atoms with Gasteiger partial charge in [0.05, 0.1) is 0 Å². The molecule has 0 aliphatic rings. The third kappa shape index (κ3) is 8.85. The van der Waals surface area contributed by atoms with Crippen molar-refractivity contribution in [3.63, 3.8) is 0 Å². The fourth-order valence-electron chi connectivity index (χ4n) is 0. The van der Waals surface area contributed by atoms with Crippen LogP contribution in [-0.2, 0) is 26.2 Å². The summed E-state index contributed by atoms with van der Waals surface area (Å²) in [5.41, 5.74) is 0. The maximum atomic E-state index is 0. The minimum Gasteiger partial charge on any atom is -0.114 e.